The molecule has 3 fully saturated rings. The van der Waals surface area contributed by atoms with Crippen LogP contribution in [0.4, 0.5) is 5.69 Å². The summed E-state index contributed by atoms with van der Waals surface area (Å²) in [5.41, 5.74) is 3.61. The Morgan fingerprint density at radius 1 is 0.942 bits per heavy atom. The number of benzene rings is 3. The number of rotatable bonds is 11. The predicted molar refractivity (Wildman–Crippen MR) is 192 cm³/mol. The number of imide groups is 2. The predicted octanol–water partition coefficient (Wildman–Crippen LogP) is 6.34. The number of phenolic OH excluding ortho intramolecular Hbond substituents is 1. The Kier molecular flexibility index (Phi) is 9.52. The van der Waals surface area contributed by atoms with Gasteiger partial charge in [0, 0.05) is 23.9 Å². The summed E-state index contributed by atoms with van der Waals surface area (Å²) < 4.78 is 5.44. The maximum atomic E-state index is 15.2. The molecule has 2 aliphatic carbocycles. The lowest BCUT2D eigenvalue weighted by Crippen LogP contribution is -2.53. The van der Waals surface area contributed by atoms with Gasteiger partial charge in [0.25, 0.3) is 11.8 Å². The van der Waals surface area contributed by atoms with E-state index in [0.29, 0.717) is 41.2 Å². The molecule has 270 valence electrons. The molecule has 7 rings (SSSR count). The molecule has 3 aromatic rings. The maximum Gasteiger partial charge on any atom is 0.303 e. The number of amides is 4. The fraction of sp³-hybridized carbons (Fsp3) is 0.359. The normalized spacial score (nSPS) is 26.5. The molecular weight excluding hydrogens is 709 g/mol. The molecule has 2 heterocycles. The van der Waals surface area contributed by atoms with Gasteiger partial charge in [0.1, 0.15) is 11.5 Å². The summed E-state index contributed by atoms with van der Waals surface area (Å²) in [4.78, 5) is 70.3. The van der Waals surface area contributed by atoms with Crippen LogP contribution in [-0.2, 0) is 29.4 Å². The Balaban J connectivity index is 1.35. The van der Waals surface area contributed by atoms with Crippen molar-refractivity contribution >= 4 is 58.5 Å². The number of aliphatic carboxylic acids is 1. The van der Waals surface area contributed by atoms with Crippen molar-refractivity contribution in [2.24, 2.45) is 23.7 Å². The molecular formula is C39H37Cl2N3O8. The Morgan fingerprint density at radius 3 is 2.40 bits per heavy atom. The molecule has 4 aliphatic rings. The second-order valence-electron chi connectivity index (χ2n) is 13.8. The van der Waals surface area contributed by atoms with Gasteiger partial charge in [-0.05, 0) is 85.2 Å². The molecule has 0 bridgehead atoms. The van der Waals surface area contributed by atoms with E-state index >= 15 is 4.79 Å². The highest BCUT2D eigenvalue weighted by Gasteiger charge is 2.70. The van der Waals surface area contributed by atoms with E-state index in [-0.39, 0.29) is 54.1 Å². The quantitative estimate of drug-likeness (QED) is 0.116. The van der Waals surface area contributed by atoms with E-state index in [9.17, 15) is 24.3 Å². The number of carbonyl (C=O) groups is 5. The van der Waals surface area contributed by atoms with Crippen molar-refractivity contribution in [1.82, 2.24) is 9.91 Å². The summed E-state index contributed by atoms with van der Waals surface area (Å²) in [6.07, 6.45) is 3.80. The first-order chi connectivity index (χ1) is 25.0. The van der Waals surface area contributed by atoms with E-state index in [2.05, 4.69) is 5.43 Å². The van der Waals surface area contributed by atoms with Crippen LogP contribution in [0.15, 0.2) is 78.4 Å². The average molecular weight is 747 g/mol. The molecule has 0 unspecified atom stereocenters. The van der Waals surface area contributed by atoms with Crippen LogP contribution >= 0.6 is 23.2 Å². The van der Waals surface area contributed by atoms with Crippen LogP contribution in [0.2, 0.25) is 10.0 Å². The van der Waals surface area contributed by atoms with Crippen molar-refractivity contribution in [1.29, 1.82) is 0 Å². The highest BCUT2D eigenvalue weighted by Crippen LogP contribution is 2.64. The number of hydrazine groups is 1. The third-order valence-corrected chi connectivity index (χ3v) is 11.7. The highest BCUT2D eigenvalue weighted by molar-refractivity contribution is 6.36. The van der Waals surface area contributed by atoms with Crippen LogP contribution in [0.1, 0.15) is 55.6 Å². The van der Waals surface area contributed by atoms with Gasteiger partial charge in [-0.1, -0.05) is 65.5 Å². The number of nitrogens with zero attached hydrogens (tertiary/aromatic N) is 2. The minimum Gasteiger partial charge on any atom is -0.508 e. The van der Waals surface area contributed by atoms with Crippen LogP contribution in [0.3, 0.4) is 0 Å². The van der Waals surface area contributed by atoms with Gasteiger partial charge in [-0.3, -0.25) is 34.3 Å². The fourth-order valence-corrected chi connectivity index (χ4v) is 9.38. The fourth-order valence-electron chi connectivity index (χ4n) is 8.93. The summed E-state index contributed by atoms with van der Waals surface area (Å²) in [7, 11) is 1.53. The van der Waals surface area contributed by atoms with Gasteiger partial charge in [0.15, 0.2) is 0 Å². The van der Waals surface area contributed by atoms with Crippen molar-refractivity contribution in [3.8, 4) is 11.5 Å². The first-order valence-corrected chi connectivity index (χ1v) is 18.0. The lowest BCUT2D eigenvalue weighted by Gasteiger charge is -2.50. The number of carboxylic acids is 1. The minimum absolute atomic E-state index is 0.0130. The van der Waals surface area contributed by atoms with E-state index < -0.39 is 52.8 Å². The number of methoxy groups -OCH3 is 1. The molecule has 0 radical (unpaired) electrons. The second-order valence-corrected chi connectivity index (χ2v) is 14.7. The maximum absolute atomic E-state index is 15.2. The Bertz CT molecular complexity index is 2000. The number of carbonyl (C=O) groups excluding carboxylic acids is 4. The number of fused-ring (bicyclic) bond motifs is 4. The van der Waals surface area contributed by atoms with Gasteiger partial charge in [0.05, 0.1) is 41.0 Å². The molecule has 6 atom stereocenters. The molecule has 13 heteroatoms. The second kappa shape index (κ2) is 13.9. The number of hydrogen-bond donors (Lipinski definition) is 3. The number of halogens is 2. The number of carboxylic acid groups (broad SMARTS) is 1. The Hall–Kier alpha value is -4.87. The highest BCUT2D eigenvalue weighted by atomic mass is 35.5. The van der Waals surface area contributed by atoms with E-state index in [1.165, 1.54) is 24.1 Å². The van der Waals surface area contributed by atoms with E-state index in [1.807, 2.05) is 6.08 Å². The zero-order chi connectivity index (χ0) is 36.9. The molecule has 4 amide bonds. The van der Waals surface area contributed by atoms with Crippen molar-refractivity contribution in [2.45, 2.75) is 49.9 Å². The lowest BCUT2D eigenvalue weighted by atomic mass is 9.49. The van der Waals surface area contributed by atoms with Gasteiger partial charge < -0.3 is 14.9 Å². The van der Waals surface area contributed by atoms with Gasteiger partial charge in [-0.2, -0.15) is 5.01 Å². The molecule has 1 saturated carbocycles. The standard InChI is InChI=1S/C39H37Cl2N3O8/c1-52-25-12-9-22(10-13-25)39-29(36(49)44(38(39)51)42-31-16-11-23(40)19-30(31)41)20-28-26(34(39)21-6-5-7-24(45)18-21)14-15-27-33(28)37(50)43(35(27)48)17-4-2-3-8-32(46)47/h5-7,9-14,16,18-19,27-29,33-34,42,45H,2-4,8,15,17,20H2,1H3,(H,46,47)/t27-,28+,29-,33-,34-,39+/m0/s1. The smallest absolute Gasteiger partial charge is 0.303 e. The molecule has 3 aromatic carbocycles. The number of likely N-dealkylation sites (tertiary alicyclic amines) is 1. The topological polar surface area (TPSA) is 154 Å². The molecule has 0 aromatic heterocycles. The minimum atomic E-state index is -1.53. The van der Waals surface area contributed by atoms with Gasteiger partial charge in [-0.25, -0.2) is 0 Å². The number of ether oxygens (including phenoxy) is 1. The number of aromatic hydroxyl groups is 1. The lowest BCUT2D eigenvalue weighted by molar-refractivity contribution is -0.141. The Labute approximate surface area is 310 Å². The first kappa shape index (κ1) is 35.5. The van der Waals surface area contributed by atoms with Gasteiger partial charge >= 0.3 is 5.97 Å². The number of unbranched alkanes of at least 4 members (excludes halogenated alkanes) is 2. The average Bonchev–Trinajstić information content (AvgIpc) is 3.49. The summed E-state index contributed by atoms with van der Waals surface area (Å²) in [6.45, 7) is 0.179. The summed E-state index contributed by atoms with van der Waals surface area (Å²) in [5.74, 6) is -5.79. The van der Waals surface area contributed by atoms with Crippen LogP contribution in [0.5, 0.6) is 11.5 Å². The number of anilines is 1. The van der Waals surface area contributed by atoms with Gasteiger partial charge in [-0.15, -0.1) is 0 Å². The first-order valence-electron chi connectivity index (χ1n) is 17.3. The SMILES string of the molecule is COc1ccc([C@@]23C(=O)N(Nc4ccc(Cl)cc4Cl)C(=O)[C@@H]2C[C@@H]2C(=CC[C@@H]4C(=O)N(CCCCCC(=O)O)C(=O)[C@@H]42)[C@@H]3c2cccc(O)c2)cc1. The monoisotopic (exact) mass is 745 g/mol. The van der Waals surface area contributed by atoms with Crippen molar-refractivity contribution in [3.63, 3.8) is 0 Å². The molecule has 3 N–H and O–H groups in total. The molecule has 52 heavy (non-hydrogen) atoms. The van der Waals surface area contributed by atoms with Crippen LogP contribution in [-0.4, -0.2) is 63.4 Å². The summed E-state index contributed by atoms with van der Waals surface area (Å²) >= 11 is 12.7. The number of phenols is 1. The molecule has 2 saturated heterocycles. The van der Waals surface area contributed by atoms with E-state index in [1.54, 1.807) is 54.6 Å². The zero-order valence-electron chi connectivity index (χ0n) is 28.3. The third-order valence-electron chi connectivity index (χ3n) is 11.1. The number of allylic oxidation sites excluding steroid dienone is 2. The third kappa shape index (κ3) is 5.80. The van der Waals surface area contributed by atoms with Crippen LogP contribution in [0, 0.1) is 23.7 Å². The van der Waals surface area contributed by atoms with Crippen molar-refractivity contribution in [2.75, 3.05) is 19.1 Å². The van der Waals surface area contributed by atoms with Crippen LogP contribution < -0.4 is 10.2 Å². The number of hydrogen-bond acceptors (Lipinski definition) is 8. The molecule has 2 aliphatic heterocycles. The Morgan fingerprint density at radius 2 is 1.71 bits per heavy atom. The summed E-state index contributed by atoms with van der Waals surface area (Å²) in [5, 5.41) is 21.3. The largest absolute Gasteiger partial charge is 0.508 e. The molecule has 11 nitrogen and oxygen atoms in total. The van der Waals surface area contributed by atoms with Crippen molar-refractivity contribution < 1.29 is 38.9 Å². The van der Waals surface area contributed by atoms with Crippen LogP contribution in [0.25, 0.3) is 0 Å². The van der Waals surface area contributed by atoms with E-state index in [0.717, 1.165) is 10.6 Å². The number of nitrogens with one attached hydrogen (secondary N) is 1. The summed E-state index contributed by atoms with van der Waals surface area (Å²) in [6, 6.07) is 18.3. The molecule has 0 spiro atoms. The van der Waals surface area contributed by atoms with Gasteiger partial charge in [0.2, 0.25) is 11.8 Å². The van der Waals surface area contributed by atoms with E-state index in [4.69, 9.17) is 33.0 Å². The van der Waals surface area contributed by atoms with Crippen molar-refractivity contribution in [3.05, 3.63) is 99.6 Å². The zero-order valence-corrected chi connectivity index (χ0v) is 29.8.